The molecule has 0 radical (unpaired) electrons. The van der Waals surface area contributed by atoms with Crippen LogP contribution >= 0.6 is 0 Å². The van der Waals surface area contributed by atoms with Gasteiger partial charge in [0.15, 0.2) is 9.84 Å². The largest absolute Gasteiger partial charge is 0.362 e. The molecule has 0 saturated heterocycles. The molecule has 92 valence electrons. The highest BCUT2D eigenvalue weighted by Crippen LogP contribution is 2.22. The molecule has 1 aromatic carbocycles. The number of pyridine rings is 1. The van der Waals surface area contributed by atoms with E-state index in [0.717, 1.165) is 16.6 Å². The van der Waals surface area contributed by atoms with Crippen LogP contribution in [0.1, 0.15) is 0 Å². The maximum absolute atomic E-state index is 11.3. The van der Waals surface area contributed by atoms with Gasteiger partial charge in [-0.05, 0) is 17.5 Å². The van der Waals surface area contributed by atoms with Crippen LogP contribution in [0.4, 0.5) is 5.82 Å². The van der Waals surface area contributed by atoms with Gasteiger partial charge in [0.25, 0.3) is 0 Å². The van der Waals surface area contributed by atoms with Crippen LogP contribution in [0.5, 0.6) is 0 Å². The summed E-state index contributed by atoms with van der Waals surface area (Å²) in [5, 5.41) is 6.50. The van der Waals surface area contributed by atoms with Crippen molar-refractivity contribution >= 4 is 26.4 Å². The highest BCUT2D eigenvalue weighted by molar-refractivity contribution is 7.94. The van der Waals surface area contributed by atoms with Crippen LogP contribution in [-0.4, -0.2) is 25.2 Å². The first-order valence-electron chi connectivity index (χ1n) is 5.65. The summed E-state index contributed by atoms with van der Waals surface area (Å²) >= 11 is 0. The summed E-state index contributed by atoms with van der Waals surface area (Å²) in [5.74, 6) is 0.817. The second-order valence-electron chi connectivity index (χ2n) is 4.29. The van der Waals surface area contributed by atoms with E-state index in [-0.39, 0.29) is 11.8 Å². The summed E-state index contributed by atoms with van der Waals surface area (Å²) in [4.78, 5) is 4.28. The van der Waals surface area contributed by atoms with Gasteiger partial charge in [0, 0.05) is 17.0 Å². The fourth-order valence-electron chi connectivity index (χ4n) is 2.08. The zero-order valence-corrected chi connectivity index (χ0v) is 10.4. The summed E-state index contributed by atoms with van der Waals surface area (Å²) in [7, 11) is -3.04. The van der Waals surface area contributed by atoms with E-state index in [0.29, 0.717) is 0 Å². The average Bonchev–Trinajstić information content (AvgIpc) is 2.69. The zero-order chi connectivity index (χ0) is 12.6. The molecule has 4 nitrogen and oxygen atoms in total. The number of rotatable bonds is 2. The molecule has 1 N–H and O–H groups in total. The molecule has 1 aromatic heterocycles. The number of sulfone groups is 1. The Morgan fingerprint density at radius 2 is 2.06 bits per heavy atom. The third-order valence-electron chi connectivity index (χ3n) is 2.93. The Morgan fingerprint density at radius 1 is 1.22 bits per heavy atom. The predicted octanol–water partition coefficient (Wildman–Crippen LogP) is 1.96. The van der Waals surface area contributed by atoms with E-state index in [1.165, 1.54) is 5.41 Å². The van der Waals surface area contributed by atoms with E-state index in [9.17, 15) is 8.42 Å². The Kier molecular flexibility index (Phi) is 2.56. The molecular weight excluding hydrogens is 248 g/mol. The molecule has 5 heteroatoms. The highest BCUT2D eigenvalue weighted by Gasteiger charge is 2.22. The lowest BCUT2D eigenvalue weighted by molar-refractivity contribution is 0.605. The Balaban J connectivity index is 1.94. The summed E-state index contributed by atoms with van der Waals surface area (Å²) < 4.78 is 22.7. The van der Waals surface area contributed by atoms with Crippen molar-refractivity contribution in [3.63, 3.8) is 0 Å². The monoisotopic (exact) mass is 260 g/mol. The lowest BCUT2D eigenvalue weighted by Crippen LogP contribution is -2.21. The molecule has 0 spiro atoms. The molecule has 18 heavy (non-hydrogen) atoms. The van der Waals surface area contributed by atoms with Gasteiger partial charge in [-0.15, -0.1) is 0 Å². The minimum absolute atomic E-state index is 0.0951. The van der Waals surface area contributed by atoms with Crippen molar-refractivity contribution in [3.05, 3.63) is 48.0 Å². The second-order valence-corrected chi connectivity index (χ2v) is 6.22. The average molecular weight is 260 g/mol. The first-order chi connectivity index (χ1) is 8.64. The fourth-order valence-corrected chi connectivity index (χ4v) is 3.31. The van der Waals surface area contributed by atoms with Gasteiger partial charge in [0.1, 0.15) is 5.82 Å². The quantitative estimate of drug-likeness (QED) is 0.896. The van der Waals surface area contributed by atoms with Crippen molar-refractivity contribution in [2.45, 2.75) is 6.04 Å². The standard InChI is InChI=1S/C13H12N2O2S/c16-18(17)8-6-11(9-18)15-13-12-4-2-1-3-10(12)5-7-14-13/h1-8,11H,9H2,(H,14,15). The zero-order valence-electron chi connectivity index (χ0n) is 9.58. The maximum Gasteiger partial charge on any atom is 0.173 e. The summed E-state index contributed by atoms with van der Waals surface area (Å²) in [6.45, 7) is 0. The maximum atomic E-state index is 11.3. The molecule has 0 saturated carbocycles. The number of nitrogens with one attached hydrogen (secondary N) is 1. The number of anilines is 1. The van der Waals surface area contributed by atoms with Crippen LogP contribution in [-0.2, 0) is 9.84 Å². The van der Waals surface area contributed by atoms with Crippen molar-refractivity contribution in [1.82, 2.24) is 4.98 Å². The molecule has 2 aromatic rings. The molecule has 0 bridgehead atoms. The number of benzene rings is 1. The molecule has 0 aliphatic carbocycles. The molecule has 0 fully saturated rings. The Hall–Kier alpha value is -1.88. The SMILES string of the molecule is O=S1(=O)C=CC(Nc2nccc3ccccc23)C1. The molecule has 1 atom stereocenters. The van der Waals surface area contributed by atoms with Crippen molar-refractivity contribution in [2.75, 3.05) is 11.1 Å². The Bertz CT molecular complexity index is 717. The first kappa shape index (κ1) is 11.2. The number of hydrogen-bond acceptors (Lipinski definition) is 4. The van der Waals surface area contributed by atoms with Gasteiger partial charge in [-0.25, -0.2) is 13.4 Å². The van der Waals surface area contributed by atoms with Crippen molar-refractivity contribution < 1.29 is 8.42 Å². The number of fused-ring (bicyclic) bond motifs is 1. The lowest BCUT2D eigenvalue weighted by atomic mass is 10.1. The van der Waals surface area contributed by atoms with Gasteiger partial charge >= 0.3 is 0 Å². The van der Waals surface area contributed by atoms with E-state index < -0.39 is 9.84 Å². The van der Waals surface area contributed by atoms with Crippen LogP contribution < -0.4 is 5.32 Å². The Labute approximate surface area is 105 Å². The molecule has 1 aliphatic heterocycles. The van der Waals surface area contributed by atoms with Gasteiger partial charge in [0.2, 0.25) is 0 Å². The molecular formula is C13H12N2O2S. The summed E-state index contributed by atoms with van der Waals surface area (Å²) in [6.07, 6.45) is 3.39. The smallest absolute Gasteiger partial charge is 0.173 e. The van der Waals surface area contributed by atoms with E-state index >= 15 is 0 Å². The molecule has 0 amide bonds. The second kappa shape index (κ2) is 4.10. The lowest BCUT2D eigenvalue weighted by Gasteiger charge is -2.12. The number of nitrogens with zero attached hydrogens (tertiary/aromatic N) is 1. The van der Waals surface area contributed by atoms with Crippen LogP contribution in [0.25, 0.3) is 10.8 Å². The van der Waals surface area contributed by atoms with Crippen LogP contribution in [0, 0.1) is 0 Å². The normalized spacial score (nSPS) is 21.2. The van der Waals surface area contributed by atoms with Crippen LogP contribution in [0.3, 0.4) is 0 Å². The fraction of sp³-hybridized carbons (Fsp3) is 0.154. The molecule has 2 heterocycles. The van der Waals surface area contributed by atoms with Gasteiger partial charge in [0.05, 0.1) is 11.8 Å². The van der Waals surface area contributed by atoms with Crippen LogP contribution in [0.2, 0.25) is 0 Å². The minimum atomic E-state index is -3.04. The van der Waals surface area contributed by atoms with Crippen molar-refractivity contribution in [1.29, 1.82) is 0 Å². The van der Waals surface area contributed by atoms with Gasteiger partial charge in [-0.2, -0.15) is 0 Å². The van der Waals surface area contributed by atoms with Gasteiger partial charge < -0.3 is 5.32 Å². The van der Waals surface area contributed by atoms with Gasteiger partial charge in [-0.1, -0.05) is 24.3 Å². The van der Waals surface area contributed by atoms with Crippen molar-refractivity contribution in [3.8, 4) is 0 Å². The molecule has 1 unspecified atom stereocenters. The topological polar surface area (TPSA) is 59.1 Å². The van der Waals surface area contributed by atoms with E-state index in [1.54, 1.807) is 12.3 Å². The van der Waals surface area contributed by atoms with E-state index in [4.69, 9.17) is 0 Å². The van der Waals surface area contributed by atoms with E-state index in [1.807, 2.05) is 30.3 Å². The third kappa shape index (κ3) is 2.09. The summed E-state index contributed by atoms with van der Waals surface area (Å²) in [6, 6.07) is 9.61. The third-order valence-corrected chi connectivity index (χ3v) is 4.32. The number of hydrogen-bond donors (Lipinski definition) is 1. The first-order valence-corrected chi connectivity index (χ1v) is 7.37. The Morgan fingerprint density at radius 3 is 2.83 bits per heavy atom. The van der Waals surface area contributed by atoms with Crippen LogP contribution in [0.15, 0.2) is 48.0 Å². The predicted molar refractivity (Wildman–Crippen MR) is 72.1 cm³/mol. The van der Waals surface area contributed by atoms with Gasteiger partial charge in [-0.3, -0.25) is 0 Å². The molecule has 3 rings (SSSR count). The van der Waals surface area contributed by atoms with E-state index in [2.05, 4.69) is 10.3 Å². The summed E-state index contributed by atoms with van der Waals surface area (Å²) in [5.41, 5.74) is 0. The highest BCUT2D eigenvalue weighted by atomic mass is 32.2. The van der Waals surface area contributed by atoms with Crippen molar-refractivity contribution in [2.24, 2.45) is 0 Å². The minimum Gasteiger partial charge on any atom is -0.362 e. The number of aromatic nitrogens is 1. The molecule has 1 aliphatic rings.